The van der Waals surface area contributed by atoms with Crippen LogP contribution in [0.4, 0.5) is 17.3 Å². The third-order valence-corrected chi connectivity index (χ3v) is 4.49. The molecule has 0 amide bonds. The van der Waals surface area contributed by atoms with Gasteiger partial charge in [-0.05, 0) is 54.4 Å². The van der Waals surface area contributed by atoms with Gasteiger partial charge < -0.3 is 15.6 Å². The molecule has 6 heteroatoms. The molecule has 4 aromatic rings. The number of nitrogens with one attached hydrogen (secondary N) is 1. The lowest BCUT2D eigenvalue weighted by Crippen LogP contribution is -2.18. The van der Waals surface area contributed by atoms with Crippen LogP contribution in [0.5, 0.6) is 0 Å². The molecule has 3 N–H and O–H groups in total. The second kappa shape index (κ2) is 6.57. The molecule has 0 saturated heterocycles. The topological polar surface area (TPSA) is 85.8 Å². The zero-order valence-electron chi connectivity index (χ0n) is 15.1. The predicted octanol–water partition coefficient (Wildman–Crippen LogP) is 3.63. The van der Waals surface area contributed by atoms with Gasteiger partial charge in [0.25, 0.3) is 5.56 Å². The van der Waals surface area contributed by atoms with Crippen molar-refractivity contribution in [2.45, 2.75) is 6.92 Å². The van der Waals surface area contributed by atoms with E-state index in [4.69, 9.17) is 5.73 Å². The summed E-state index contributed by atoms with van der Waals surface area (Å²) in [6.45, 7) is 1.94. The lowest BCUT2D eigenvalue weighted by atomic mass is 10.0. The van der Waals surface area contributed by atoms with E-state index in [1.165, 1.54) is 0 Å². The first-order valence-electron chi connectivity index (χ1n) is 8.57. The van der Waals surface area contributed by atoms with Crippen molar-refractivity contribution in [1.82, 2.24) is 14.5 Å². The molecule has 2 heterocycles. The van der Waals surface area contributed by atoms with E-state index in [1.807, 2.05) is 55.5 Å². The van der Waals surface area contributed by atoms with E-state index in [1.54, 1.807) is 24.0 Å². The standard InChI is InChI=1S/C21H19N5O/c1-13-8-9-26(2)20(27)19(13)14-6-7-18-15(10-14)12-23-21(25-18)24-17-5-3-4-16(22)11-17/h3-12H,22H2,1-2H3,(H,23,24,25). The quantitative estimate of drug-likeness (QED) is 0.547. The summed E-state index contributed by atoms with van der Waals surface area (Å²) in [5.41, 5.74) is 10.6. The number of nitrogens with two attached hydrogens (primary N) is 1. The second-order valence-corrected chi connectivity index (χ2v) is 6.51. The predicted molar refractivity (Wildman–Crippen MR) is 109 cm³/mol. The maximum absolute atomic E-state index is 12.5. The first kappa shape index (κ1) is 16.8. The lowest BCUT2D eigenvalue weighted by Gasteiger charge is -2.09. The summed E-state index contributed by atoms with van der Waals surface area (Å²) in [6, 6.07) is 15.1. The third-order valence-electron chi connectivity index (χ3n) is 4.49. The number of nitrogen functional groups attached to an aromatic ring is 1. The van der Waals surface area contributed by atoms with Crippen molar-refractivity contribution < 1.29 is 0 Å². The maximum atomic E-state index is 12.5. The van der Waals surface area contributed by atoms with Crippen LogP contribution >= 0.6 is 0 Å². The molecular formula is C21H19N5O. The van der Waals surface area contributed by atoms with Gasteiger partial charge in [-0.3, -0.25) is 4.79 Å². The van der Waals surface area contributed by atoms with Crippen molar-refractivity contribution in [3.63, 3.8) is 0 Å². The van der Waals surface area contributed by atoms with Gasteiger partial charge in [-0.25, -0.2) is 9.97 Å². The molecule has 0 aliphatic rings. The zero-order chi connectivity index (χ0) is 19.0. The minimum Gasteiger partial charge on any atom is -0.399 e. The molecule has 4 rings (SSSR count). The van der Waals surface area contributed by atoms with Gasteiger partial charge in [0.2, 0.25) is 5.95 Å². The molecule has 0 radical (unpaired) electrons. The van der Waals surface area contributed by atoms with Gasteiger partial charge in [0, 0.05) is 36.2 Å². The van der Waals surface area contributed by atoms with Crippen LogP contribution < -0.4 is 16.6 Å². The highest BCUT2D eigenvalue weighted by Gasteiger charge is 2.10. The Kier molecular flexibility index (Phi) is 4.08. The van der Waals surface area contributed by atoms with Crippen molar-refractivity contribution in [3.05, 3.63) is 76.8 Å². The SMILES string of the molecule is Cc1ccn(C)c(=O)c1-c1ccc2nc(Nc3cccc(N)c3)ncc2c1. The van der Waals surface area contributed by atoms with E-state index in [0.717, 1.165) is 27.7 Å². The van der Waals surface area contributed by atoms with Crippen LogP contribution in [0, 0.1) is 6.92 Å². The van der Waals surface area contributed by atoms with Gasteiger partial charge in [0.1, 0.15) is 0 Å². The van der Waals surface area contributed by atoms with Crippen LogP contribution in [-0.4, -0.2) is 14.5 Å². The minimum atomic E-state index is -0.0183. The average molecular weight is 357 g/mol. The highest BCUT2D eigenvalue weighted by atomic mass is 16.1. The highest BCUT2D eigenvalue weighted by Crippen LogP contribution is 2.24. The average Bonchev–Trinajstić information content (AvgIpc) is 2.65. The summed E-state index contributed by atoms with van der Waals surface area (Å²) in [7, 11) is 1.75. The molecule has 27 heavy (non-hydrogen) atoms. The number of nitrogens with zero attached hydrogens (tertiary/aromatic N) is 3. The number of pyridine rings is 1. The minimum absolute atomic E-state index is 0.0183. The Bertz CT molecular complexity index is 1210. The monoisotopic (exact) mass is 357 g/mol. The number of fused-ring (bicyclic) bond motifs is 1. The Morgan fingerprint density at radius 1 is 1.11 bits per heavy atom. The molecule has 0 unspecified atom stereocenters. The molecule has 0 bridgehead atoms. The summed E-state index contributed by atoms with van der Waals surface area (Å²) in [5.74, 6) is 0.493. The number of rotatable bonds is 3. The fourth-order valence-corrected chi connectivity index (χ4v) is 3.07. The smallest absolute Gasteiger partial charge is 0.258 e. The van der Waals surface area contributed by atoms with Gasteiger partial charge in [-0.15, -0.1) is 0 Å². The molecule has 0 aliphatic carbocycles. The molecule has 134 valence electrons. The van der Waals surface area contributed by atoms with E-state index in [9.17, 15) is 4.79 Å². The zero-order valence-corrected chi connectivity index (χ0v) is 15.1. The van der Waals surface area contributed by atoms with Crippen LogP contribution in [0.2, 0.25) is 0 Å². The van der Waals surface area contributed by atoms with Gasteiger partial charge >= 0.3 is 0 Å². The van der Waals surface area contributed by atoms with E-state index in [2.05, 4.69) is 15.3 Å². The van der Waals surface area contributed by atoms with Crippen molar-refractivity contribution in [2.24, 2.45) is 7.05 Å². The van der Waals surface area contributed by atoms with Crippen LogP contribution in [0.3, 0.4) is 0 Å². The van der Waals surface area contributed by atoms with Gasteiger partial charge in [-0.1, -0.05) is 12.1 Å². The summed E-state index contributed by atoms with van der Waals surface area (Å²) in [4.78, 5) is 21.5. The van der Waals surface area contributed by atoms with Gasteiger partial charge in [0.05, 0.1) is 11.1 Å². The Morgan fingerprint density at radius 3 is 2.78 bits per heavy atom. The lowest BCUT2D eigenvalue weighted by molar-refractivity contribution is 0.859. The molecule has 0 saturated carbocycles. The molecule has 6 nitrogen and oxygen atoms in total. The van der Waals surface area contributed by atoms with Crippen molar-refractivity contribution in [1.29, 1.82) is 0 Å². The fourth-order valence-electron chi connectivity index (χ4n) is 3.07. The number of anilines is 3. The Labute approximate surface area is 156 Å². The molecular weight excluding hydrogens is 338 g/mol. The number of benzene rings is 2. The molecule has 0 fully saturated rings. The van der Waals surface area contributed by atoms with Crippen molar-refractivity contribution in [2.75, 3.05) is 11.1 Å². The van der Waals surface area contributed by atoms with Crippen LogP contribution in [-0.2, 0) is 7.05 Å². The Morgan fingerprint density at radius 2 is 1.96 bits per heavy atom. The second-order valence-electron chi connectivity index (χ2n) is 6.51. The van der Waals surface area contributed by atoms with Crippen LogP contribution in [0.25, 0.3) is 22.0 Å². The van der Waals surface area contributed by atoms with E-state index >= 15 is 0 Å². The van der Waals surface area contributed by atoms with Crippen LogP contribution in [0.15, 0.2) is 65.7 Å². The highest BCUT2D eigenvalue weighted by molar-refractivity contribution is 5.85. The maximum Gasteiger partial charge on any atom is 0.258 e. The number of hydrogen-bond acceptors (Lipinski definition) is 5. The Hall–Kier alpha value is -3.67. The van der Waals surface area contributed by atoms with Crippen molar-refractivity contribution in [3.8, 4) is 11.1 Å². The largest absolute Gasteiger partial charge is 0.399 e. The molecule has 0 spiro atoms. The van der Waals surface area contributed by atoms with Gasteiger partial charge in [0.15, 0.2) is 0 Å². The number of aromatic nitrogens is 3. The fraction of sp³-hybridized carbons (Fsp3) is 0.0952. The molecule has 2 aromatic heterocycles. The number of aryl methyl sites for hydroxylation is 2. The number of hydrogen-bond donors (Lipinski definition) is 2. The first-order chi connectivity index (χ1) is 13.0. The third kappa shape index (κ3) is 3.25. The molecule has 0 atom stereocenters. The van der Waals surface area contributed by atoms with E-state index in [-0.39, 0.29) is 5.56 Å². The summed E-state index contributed by atoms with van der Waals surface area (Å²) < 4.78 is 1.58. The van der Waals surface area contributed by atoms with E-state index < -0.39 is 0 Å². The summed E-state index contributed by atoms with van der Waals surface area (Å²) >= 11 is 0. The first-order valence-corrected chi connectivity index (χ1v) is 8.57. The summed E-state index contributed by atoms with van der Waals surface area (Å²) in [5, 5.41) is 4.02. The van der Waals surface area contributed by atoms with Crippen LogP contribution in [0.1, 0.15) is 5.56 Å². The van der Waals surface area contributed by atoms with Crippen molar-refractivity contribution >= 4 is 28.2 Å². The Balaban J connectivity index is 1.73. The summed E-state index contributed by atoms with van der Waals surface area (Å²) in [6.07, 6.45) is 3.53. The van der Waals surface area contributed by atoms with Gasteiger partial charge in [-0.2, -0.15) is 0 Å². The van der Waals surface area contributed by atoms with E-state index in [0.29, 0.717) is 17.2 Å². The molecule has 2 aromatic carbocycles. The normalized spacial score (nSPS) is 10.9. The molecule has 0 aliphatic heterocycles.